The molecule has 0 aromatic heterocycles. The fourth-order valence-corrected chi connectivity index (χ4v) is 4.87. The number of nitrogens with one attached hydrogen (secondary N) is 1. The van der Waals surface area contributed by atoms with Gasteiger partial charge in [0.25, 0.3) is 0 Å². The van der Waals surface area contributed by atoms with Crippen LogP contribution in [0.3, 0.4) is 0 Å². The summed E-state index contributed by atoms with van der Waals surface area (Å²) in [6.45, 7) is 7.16. The lowest BCUT2D eigenvalue weighted by Crippen LogP contribution is -2.41. The van der Waals surface area contributed by atoms with Crippen molar-refractivity contribution in [1.82, 2.24) is 5.32 Å². The van der Waals surface area contributed by atoms with Crippen molar-refractivity contribution >= 4 is 16.5 Å². The predicted octanol–water partition coefficient (Wildman–Crippen LogP) is 6.66. The van der Waals surface area contributed by atoms with Crippen LogP contribution in [0.1, 0.15) is 36.1 Å². The number of benzene rings is 4. The van der Waals surface area contributed by atoms with E-state index >= 15 is 0 Å². The Morgan fingerprint density at radius 3 is 2.58 bits per heavy atom. The minimum absolute atomic E-state index is 0.163. The fourth-order valence-electron chi connectivity index (χ4n) is 4.87. The van der Waals surface area contributed by atoms with Gasteiger partial charge < -0.3 is 15.0 Å². The molecule has 0 saturated carbocycles. The summed E-state index contributed by atoms with van der Waals surface area (Å²) in [5.41, 5.74) is 5.25. The van der Waals surface area contributed by atoms with Crippen LogP contribution in [0.15, 0.2) is 91.0 Å². The van der Waals surface area contributed by atoms with Crippen LogP contribution in [0.4, 0.5) is 5.69 Å². The lowest BCUT2D eigenvalue weighted by molar-refractivity contribution is 0.181. The lowest BCUT2D eigenvalue weighted by Gasteiger charge is -2.37. The van der Waals surface area contributed by atoms with Gasteiger partial charge in [-0.25, -0.2) is 0 Å². The molecule has 4 aromatic carbocycles. The quantitative estimate of drug-likeness (QED) is 0.351. The second-order valence-electron chi connectivity index (χ2n) is 9.05. The third-order valence-electron chi connectivity index (χ3n) is 6.75. The van der Waals surface area contributed by atoms with E-state index in [1.165, 1.54) is 33.2 Å². The number of fused-ring (bicyclic) bond motifs is 2. The summed E-state index contributed by atoms with van der Waals surface area (Å²) in [6.07, 6.45) is 1.13. The molecule has 0 amide bonds. The zero-order valence-electron chi connectivity index (χ0n) is 19.5. The topological polar surface area (TPSA) is 24.5 Å². The van der Waals surface area contributed by atoms with Crippen molar-refractivity contribution in [2.45, 2.75) is 39.0 Å². The molecule has 0 radical (unpaired) electrons. The Bertz CT molecular complexity index is 1230. The molecule has 0 fully saturated rings. The number of hydrogen-bond donors (Lipinski definition) is 1. The molecule has 0 spiro atoms. The Labute approximate surface area is 197 Å². The highest BCUT2D eigenvalue weighted by Gasteiger charge is 2.25. The van der Waals surface area contributed by atoms with Crippen LogP contribution in [0.5, 0.6) is 5.75 Å². The highest BCUT2D eigenvalue weighted by Crippen LogP contribution is 2.35. The van der Waals surface area contributed by atoms with Gasteiger partial charge in [0.15, 0.2) is 0 Å². The first-order valence-corrected chi connectivity index (χ1v) is 12.0. The van der Waals surface area contributed by atoms with Gasteiger partial charge in [0, 0.05) is 12.6 Å². The number of nitrogens with zero attached hydrogens (tertiary/aromatic N) is 1. The molecular weight excluding hydrogens is 404 g/mol. The first kappa shape index (κ1) is 21.5. The molecule has 1 heterocycles. The van der Waals surface area contributed by atoms with Gasteiger partial charge in [-0.15, -0.1) is 0 Å². The molecule has 0 saturated heterocycles. The molecular formula is C30H32N2O. The van der Waals surface area contributed by atoms with Crippen LogP contribution in [0.25, 0.3) is 10.8 Å². The van der Waals surface area contributed by atoms with Crippen molar-refractivity contribution in [3.8, 4) is 5.75 Å². The van der Waals surface area contributed by atoms with Gasteiger partial charge in [0.1, 0.15) is 11.9 Å². The van der Waals surface area contributed by atoms with E-state index in [9.17, 15) is 0 Å². The summed E-state index contributed by atoms with van der Waals surface area (Å²) in [7, 11) is 0. The van der Waals surface area contributed by atoms with Crippen molar-refractivity contribution in [3.63, 3.8) is 0 Å². The van der Waals surface area contributed by atoms with Crippen LogP contribution in [0.2, 0.25) is 0 Å². The average Bonchev–Trinajstić information content (AvgIpc) is 2.85. The Morgan fingerprint density at radius 2 is 1.67 bits per heavy atom. The highest BCUT2D eigenvalue weighted by molar-refractivity contribution is 5.86. The van der Waals surface area contributed by atoms with E-state index in [4.69, 9.17) is 4.74 Å². The van der Waals surface area contributed by atoms with E-state index in [-0.39, 0.29) is 12.1 Å². The summed E-state index contributed by atoms with van der Waals surface area (Å²) in [5.74, 6) is 0.990. The predicted molar refractivity (Wildman–Crippen MR) is 138 cm³/mol. The van der Waals surface area contributed by atoms with Gasteiger partial charge >= 0.3 is 0 Å². The monoisotopic (exact) mass is 436 g/mol. The van der Waals surface area contributed by atoms with Gasteiger partial charge in [0.2, 0.25) is 0 Å². The van der Waals surface area contributed by atoms with Gasteiger partial charge in [0.05, 0.1) is 12.2 Å². The SMILES string of the molecule is Cc1ccccc1CN1CC(CCN[C@H](C)c2cccc3ccccc23)Oc2ccccc21. The standard InChI is InChI=1S/C30H32N2O/c1-22-10-3-4-12-25(22)20-32-21-26(33-30-17-8-7-16-29(30)32)18-19-31-23(2)27-15-9-13-24-11-5-6-14-28(24)27/h3-17,23,26,31H,18-21H2,1-2H3/t23-,26?/m1/s1. The number of ether oxygens (including phenoxy) is 1. The second kappa shape index (κ2) is 9.68. The maximum atomic E-state index is 6.41. The van der Waals surface area contributed by atoms with Crippen molar-refractivity contribution in [2.24, 2.45) is 0 Å². The Hall–Kier alpha value is -3.30. The van der Waals surface area contributed by atoms with Crippen LogP contribution in [0, 0.1) is 6.92 Å². The zero-order chi connectivity index (χ0) is 22.6. The van der Waals surface area contributed by atoms with E-state index in [1.54, 1.807) is 0 Å². The molecule has 1 N–H and O–H groups in total. The van der Waals surface area contributed by atoms with Gasteiger partial charge in [-0.1, -0.05) is 78.9 Å². The van der Waals surface area contributed by atoms with E-state index in [1.807, 2.05) is 0 Å². The van der Waals surface area contributed by atoms with Crippen LogP contribution in [-0.2, 0) is 6.54 Å². The molecule has 1 aliphatic rings. The van der Waals surface area contributed by atoms with Crippen LogP contribution >= 0.6 is 0 Å². The van der Waals surface area contributed by atoms with Crippen LogP contribution in [-0.4, -0.2) is 19.2 Å². The molecule has 0 bridgehead atoms. The van der Waals surface area contributed by atoms with E-state index < -0.39 is 0 Å². The molecule has 0 aliphatic carbocycles. The number of anilines is 1. The molecule has 1 aliphatic heterocycles. The maximum Gasteiger partial charge on any atom is 0.143 e. The van der Waals surface area contributed by atoms with Gasteiger partial charge in [-0.3, -0.25) is 0 Å². The zero-order valence-corrected chi connectivity index (χ0v) is 19.5. The summed E-state index contributed by atoms with van der Waals surface area (Å²) < 4.78 is 6.41. The maximum absolute atomic E-state index is 6.41. The molecule has 3 heteroatoms. The summed E-state index contributed by atoms with van der Waals surface area (Å²) >= 11 is 0. The van der Waals surface area contributed by atoms with Crippen molar-refractivity contribution in [3.05, 3.63) is 108 Å². The lowest BCUT2D eigenvalue weighted by atomic mass is 9.99. The van der Waals surface area contributed by atoms with E-state index in [2.05, 4.69) is 115 Å². The molecule has 2 atom stereocenters. The van der Waals surface area contributed by atoms with Crippen molar-refractivity contribution < 1.29 is 4.74 Å². The molecule has 33 heavy (non-hydrogen) atoms. The molecule has 3 nitrogen and oxygen atoms in total. The average molecular weight is 437 g/mol. The smallest absolute Gasteiger partial charge is 0.143 e. The Balaban J connectivity index is 1.26. The number of aryl methyl sites for hydroxylation is 1. The van der Waals surface area contributed by atoms with E-state index in [0.717, 1.165) is 31.8 Å². The first-order chi connectivity index (χ1) is 16.2. The molecule has 168 valence electrons. The van der Waals surface area contributed by atoms with Gasteiger partial charge in [-0.05, 0) is 66.4 Å². The fraction of sp³-hybridized carbons (Fsp3) is 0.267. The highest BCUT2D eigenvalue weighted by atomic mass is 16.5. The summed E-state index contributed by atoms with van der Waals surface area (Å²) in [5, 5.41) is 6.36. The van der Waals surface area contributed by atoms with E-state index in [0.29, 0.717) is 0 Å². The normalized spacial score (nSPS) is 16.3. The molecule has 5 rings (SSSR count). The Morgan fingerprint density at radius 1 is 0.909 bits per heavy atom. The number of hydrogen-bond acceptors (Lipinski definition) is 3. The minimum Gasteiger partial charge on any atom is -0.486 e. The summed E-state index contributed by atoms with van der Waals surface area (Å²) in [4.78, 5) is 2.47. The molecule has 1 unspecified atom stereocenters. The van der Waals surface area contributed by atoms with Crippen molar-refractivity contribution in [2.75, 3.05) is 18.0 Å². The third-order valence-corrected chi connectivity index (χ3v) is 6.75. The minimum atomic E-state index is 0.163. The summed E-state index contributed by atoms with van der Waals surface area (Å²) in [6, 6.07) is 32.6. The number of rotatable bonds is 7. The van der Waals surface area contributed by atoms with Crippen molar-refractivity contribution in [1.29, 1.82) is 0 Å². The van der Waals surface area contributed by atoms with Crippen LogP contribution < -0.4 is 15.0 Å². The Kier molecular flexibility index (Phi) is 6.32. The largest absolute Gasteiger partial charge is 0.486 e. The second-order valence-corrected chi connectivity index (χ2v) is 9.05. The third kappa shape index (κ3) is 4.74. The molecule has 4 aromatic rings. The van der Waals surface area contributed by atoms with Gasteiger partial charge in [-0.2, -0.15) is 0 Å². The number of para-hydroxylation sites is 2. The first-order valence-electron chi connectivity index (χ1n) is 12.0.